The van der Waals surface area contributed by atoms with Gasteiger partial charge in [-0.15, -0.1) is 0 Å². The summed E-state index contributed by atoms with van der Waals surface area (Å²) in [6.45, 7) is 1.72. The minimum Gasteiger partial charge on any atom is -1.00 e. The van der Waals surface area contributed by atoms with E-state index in [0.717, 1.165) is 11.1 Å². The molecular formula is C17H27ClO6S. The van der Waals surface area contributed by atoms with E-state index in [4.69, 9.17) is 4.74 Å². The lowest BCUT2D eigenvalue weighted by Gasteiger charge is -2.22. The Labute approximate surface area is 157 Å². The first-order valence-corrected chi connectivity index (χ1v) is 9.68. The molecule has 1 aliphatic rings. The van der Waals surface area contributed by atoms with Crippen molar-refractivity contribution in [2.24, 2.45) is 0 Å². The molecule has 0 spiro atoms. The second kappa shape index (κ2) is 10.7. The minimum absolute atomic E-state index is 0. The molecule has 2 unspecified atom stereocenters. The summed E-state index contributed by atoms with van der Waals surface area (Å²) < 4.78 is 5.63. The van der Waals surface area contributed by atoms with Gasteiger partial charge in [0.1, 0.15) is 35.9 Å². The SMILES string of the molecule is Cc1ccc(CO[C@@H](CO)C(O)C[S+]2C[C@@H](O)[C@H](O)[C@H]2CO)cc1.[Cl-]. The van der Waals surface area contributed by atoms with Crippen LogP contribution in [0.1, 0.15) is 11.1 Å². The van der Waals surface area contributed by atoms with Crippen molar-refractivity contribution in [3.63, 3.8) is 0 Å². The van der Waals surface area contributed by atoms with Crippen molar-refractivity contribution in [2.75, 3.05) is 24.7 Å². The number of halogens is 1. The third-order valence-corrected chi connectivity index (χ3v) is 7.17. The van der Waals surface area contributed by atoms with Crippen molar-refractivity contribution in [1.29, 1.82) is 0 Å². The zero-order chi connectivity index (χ0) is 17.7. The van der Waals surface area contributed by atoms with Crippen LogP contribution in [-0.4, -0.2) is 79.9 Å². The number of hydrogen-bond donors (Lipinski definition) is 5. The number of benzene rings is 1. The molecule has 1 heterocycles. The average Bonchev–Trinajstić information content (AvgIpc) is 2.83. The van der Waals surface area contributed by atoms with Crippen molar-refractivity contribution in [3.05, 3.63) is 35.4 Å². The monoisotopic (exact) mass is 394 g/mol. The third kappa shape index (κ3) is 6.08. The van der Waals surface area contributed by atoms with Crippen LogP contribution in [-0.2, 0) is 22.2 Å². The van der Waals surface area contributed by atoms with Gasteiger partial charge in [-0.25, -0.2) is 0 Å². The van der Waals surface area contributed by atoms with E-state index < -0.39 is 40.6 Å². The summed E-state index contributed by atoms with van der Waals surface area (Å²) in [7, 11) is -0.520. The quantitative estimate of drug-likeness (QED) is 0.287. The molecule has 144 valence electrons. The predicted molar refractivity (Wildman–Crippen MR) is 92.8 cm³/mol. The van der Waals surface area contributed by atoms with E-state index in [2.05, 4.69) is 0 Å². The first kappa shape index (κ1) is 22.7. The van der Waals surface area contributed by atoms with E-state index in [-0.39, 0.29) is 38.0 Å². The van der Waals surface area contributed by atoms with Gasteiger partial charge < -0.3 is 42.7 Å². The fourth-order valence-corrected chi connectivity index (χ4v) is 5.50. The van der Waals surface area contributed by atoms with Gasteiger partial charge in [0.25, 0.3) is 0 Å². The molecule has 1 aromatic carbocycles. The minimum atomic E-state index is -0.966. The Bertz CT molecular complexity index is 502. The van der Waals surface area contributed by atoms with Gasteiger partial charge in [0, 0.05) is 10.9 Å². The standard InChI is InChI=1S/C17H27O6S.ClH/c1-11-2-4-12(5-3-11)8-23-15(6-18)13(20)9-24-10-14(21)17(22)16(24)7-19;/h2-5,13-22H,6-10H2,1H3;1H/q+1;/p-1/t13?,14-,15+,16-,17+,24?;/m1./s1. The maximum Gasteiger partial charge on any atom is 0.169 e. The van der Waals surface area contributed by atoms with Gasteiger partial charge in [-0.3, -0.25) is 0 Å². The normalized spacial score (nSPS) is 28.4. The van der Waals surface area contributed by atoms with Crippen LogP contribution in [0.2, 0.25) is 0 Å². The van der Waals surface area contributed by atoms with Crippen molar-refractivity contribution in [3.8, 4) is 0 Å². The Morgan fingerprint density at radius 1 is 1.20 bits per heavy atom. The van der Waals surface area contributed by atoms with Crippen LogP contribution >= 0.6 is 0 Å². The number of aliphatic hydroxyl groups is 5. The molecule has 0 aliphatic carbocycles. The van der Waals surface area contributed by atoms with Crippen LogP contribution in [0, 0.1) is 6.92 Å². The number of hydrogen-bond acceptors (Lipinski definition) is 6. The van der Waals surface area contributed by atoms with Gasteiger partial charge in [-0.05, 0) is 12.5 Å². The molecule has 6 nitrogen and oxygen atoms in total. The highest BCUT2D eigenvalue weighted by atomic mass is 35.5. The number of ether oxygens (including phenoxy) is 1. The lowest BCUT2D eigenvalue weighted by molar-refractivity contribution is -0.0623. The van der Waals surface area contributed by atoms with E-state index in [1.54, 1.807) is 0 Å². The number of aliphatic hydroxyl groups excluding tert-OH is 5. The van der Waals surface area contributed by atoms with E-state index in [1.807, 2.05) is 31.2 Å². The highest BCUT2D eigenvalue weighted by molar-refractivity contribution is 7.97. The molecule has 1 saturated heterocycles. The van der Waals surface area contributed by atoms with Gasteiger partial charge >= 0.3 is 0 Å². The second-order valence-electron chi connectivity index (χ2n) is 6.23. The number of rotatable bonds is 8. The van der Waals surface area contributed by atoms with Crippen molar-refractivity contribution in [1.82, 2.24) is 0 Å². The highest BCUT2D eigenvalue weighted by Crippen LogP contribution is 2.25. The summed E-state index contributed by atoms with van der Waals surface area (Å²) in [6.07, 6.45) is -3.51. The first-order chi connectivity index (χ1) is 11.5. The van der Waals surface area contributed by atoms with E-state index >= 15 is 0 Å². The summed E-state index contributed by atoms with van der Waals surface area (Å²) in [6, 6.07) is 7.81. The smallest absolute Gasteiger partial charge is 0.169 e. The molecule has 6 atom stereocenters. The van der Waals surface area contributed by atoms with Gasteiger partial charge in [0.2, 0.25) is 0 Å². The average molecular weight is 395 g/mol. The van der Waals surface area contributed by atoms with Crippen molar-refractivity contribution in [2.45, 2.75) is 43.2 Å². The lowest BCUT2D eigenvalue weighted by Crippen LogP contribution is -3.00. The molecule has 0 amide bonds. The Balaban J connectivity index is 0.00000312. The molecular weight excluding hydrogens is 368 g/mol. The molecule has 0 aromatic heterocycles. The van der Waals surface area contributed by atoms with Crippen LogP contribution in [0.3, 0.4) is 0 Å². The first-order valence-electron chi connectivity index (χ1n) is 8.05. The van der Waals surface area contributed by atoms with Crippen LogP contribution < -0.4 is 12.4 Å². The zero-order valence-electron chi connectivity index (χ0n) is 14.2. The fraction of sp³-hybridized carbons (Fsp3) is 0.647. The maximum absolute atomic E-state index is 10.4. The molecule has 5 N–H and O–H groups in total. The molecule has 8 heteroatoms. The second-order valence-corrected chi connectivity index (χ2v) is 8.58. The Kier molecular flexibility index (Phi) is 9.69. The molecule has 1 aromatic rings. The summed E-state index contributed by atoms with van der Waals surface area (Å²) in [5.74, 6) is 0.623. The van der Waals surface area contributed by atoms with Crippen LogP contribution in [0.5, 0.6) is 0 Å². The predicted octanol–water partition coefficient (Wildman–Crippen LogP) is -4.05. The number of aryl methyl sites for hydroxylation is 1. The summed E-state index contributed by atoms with van der Waals surface area (Å²) >= 11 is 0. The zero-order valence-corrected chi connectivity index (χ0v) is 15.7. The molecule has 0 radical (unpaired) electrons. The molecule has 1 fully saturated rings. The molecule has 0 bridgehead atoms. The van der Waals surface area contributed by atoms with Crippen LogP contribution in [0.4, 0.5) is 0 Å². The molecule has 1 aliphatic heterocycles. The van der Waals surface area contributed by atoms with Crippen molar-refractivity contribution >= 4 is 10.9 Å². The van der Waals surface area contributed by atoms with Crippen LogP contribution in [0.15, 0.2) is 24.3 Å². The van der Waals surface area contributed by atoms with E-state index in [9.17, 15) is 25.5 Å². The molecule has 0 saturated carbocycles. The summed E-state index contributed by atoms with van der Waals surface area (Å²) in [5.41, 5.74) is 2.10. The van der Waals surface area contributed by atoms with Crippen molar-refractivity contribution < 1.29 is 42.7 Å². The van der Waals surface area contributed by atoms with Gasteiger partial charge in [-0.1, -0.05) is 29.8 Å². The van der Waals surface area contributed by atoms with Crippen LogP contribution in [0.25, 0.3) is 0 Å². The highest BCUT2D eigenvalue weighted by Gasteiger charge is 2.50. The largest absolute Gasteiger partial charge is 1.00 e. The van der Waals surface area contributed by atoms with Gasteiger partial charge in [0.15, 0.2) is 5.25 Å². The molecule has 25 heavy (non-hydrogen) atoms. The van der Waals surface area contributed by atoms with Gasteiger partial charge in [0.05, 0.1) is 19.8 Å². The van der Waals surface area contributed by atoms with E-state index in [0.29, 0.717) is 5.75 Å². The molecule has 2 rings (SSSR count). The summed E-state index contributed by atoms with van der Waals surface area (Å²) in [4.78, 5) is 0. The maximum atomic E-state index is 10.4. The lowest BCUT2D eigenvalue weighted by atomic mass is 10.1. The Morgan fingerprint density at radius 2 is 1.84 bits per heavy atom. The van der Waals surface area contributed by atoms with E-state index in [1.165, 1.54) is 0 Å². The Morgan fingerprint density at radius 3 is 2.40 bits per heavy atom. The topological polar surface area (TPSA) is 110 Å². The summed E-state index contributed by atoms with van der Waals surface area (Å²) in [5, 5.41) is 48.4. The fourth-order valence-electron chi connectivity index (χ4n) is 2.79. The third-order valence-electron chi connectivity index (χ3n) is 4.35. The van der Waals surface area contributed by atoms with Gasteiger partial charge in [-0.2, -0.15) is 0 Å². The Hall–Kier alpha value is -0.380.